The van der Waals surface area contributed by atoms with E-state index in [2.05, 4.69) is 21.4 Å². The highest BCUT2D eigenvalue weighted by molar-refractivity contribution is 6.35. The molecular weight excluding hydrogens is 362 g/mol. The SMILES string of the molecule is Cc1cc2cc(-c3cncc(NC(=O)OC(C)(C)C)c3C)cc(Cl)c2cn1. The first kappa shape index (κ1) is 19.1. The largest absolute Gasteiger partial charge is 0.444 e. The summed E-state index contributed by atoms with van der Waals surface area (Å²) in [6.45, 7) is 9.34. The maximum absolute atomic E-state index is 12.1. The fraction of sp³-hybridized carbons (Fsp3) is 0.286. The first-order chi connectivity index (χ1) is 12.6. The molecule has 0 unspecified atom stereocenters. The van der Waals surface area contributed by atoms with Crippen molar-refractivity contribution < 1.29 is 9.53 Å². The smallest absolute Gasteiger partial charge is 0.412 e. The van der Waals surface area contributed by atoms with E-state index in [4.69, 9.17) is 16.3 Å². The summed E-state index contributed by atoms with van der Waals surface area (Å²) in [5.41, 5.74) is 3.66. The van der Waals surface area contributed by atoms with Crippen LogP contribution in [0.2, 0.25) is 5.02 Å². The number of hydrogen-bond donors (Lipinski definition) is 1. The van der Waals surface area contributed by atoms with Crippen LogP contribution in [0.5, 0.6) is 0 Å². The van der Waals surface area contributed by atoms with Crippen LogP contribution in [-0.4, -0.2) is 21.7 Å². The van der Waals surface area contributed by atoms with Crippen LogP contribution in [0.4, 0.5) is 10.5 Å². The van der Waals surface area contributed by atoms with Crippen LogP contribution >= 0.6 is 11.6 Å². The molecule has 0 spiro atoms. The van der Waals surface area contributed by atoms with Crippen LogP contribution in [0.1, 0.15) is 32.0 Å². The summed E-state index contributed by atoms with van der Waals surface area (Å²) in [5, 5.41) is 5.31. The van der Waals surface area contributed by atoms with Crippen molar-refractivity contribution >= 4 is 34.2 Å². The Bertz CT molecular complexity index is 1030. The predicted molar refractivity (Wildman–Crippen MR) is 109 cm³/mol. The van der Waals surface area contributed by atoms with E-state index in [1.165, 1.54) is 0 Å². The molecule has 1 aromatic carbocycles. The highest BCUT2D eigenvalue weighted by atomic mass is 35.5. The minimum atomic E-state index is -0.569. The summed E-state index contributed by atoms with van der Waals surface area (Å²) in [6.07, 6.45) is 4.64. The van der Waals surface area contributed by atoms with Crippen molar-refractivity contribution in [2.24, 2.45) is 0 Å². The van der Waals surface area contributed by atoms with Gasteiger partial charge < -0.3 is 4.74 Å². The Labute approximate surface area is 163 Å². The van der Waals surface area contributed by atoms with Crippen molar-refractivity contribution in [3.8, 4) is 11.1 Å². The minimum absolute atomic E-state index is 0.511. The van der Waals surface area contributed by atoms with Crippen LogP contribution in [0.15, 0.2) is 36.8 Å². The summed E-state index contributed by atoms with van der Waals surface area (Å²) >= 11 is 6.46. The summed E-state index contributed by atoms with van der Waals surface area (Å²) in [6, 6.07) is 5.94. The number of carbonyl (C=O) groups excluding carboxylic acids is 1. The van der Waals surface area contributed by atoms with Gasteiger partial charge in [0, 0.05) is 29.0 Å². The van der Waals surface area contributed by atoms with Crippen molar-refractivity contribution in [1.82, 2.24) is 9.97 Å². The molecule has 0 saturated carbocycles. The molecule has 0 saturated heterocycles. The number of amides is 1. The second-order valence-electron chi connectivity index (χ2n) is 7.49. The van der Waals surface area contributed by atoms with Crippen LogP contribution in [-0.2, 0) is 4.74 Å². The molecule has 2 heterocycles. The van der Waals surface area contributed by atoms with Crippen molar-refractivity contribution in [3.63, 3.8) is 0 Å². The van der Waals surface area contributed by atoms with Gasteiger partial charge in [-0.25, -0.2) is 4.79 Å². The van der Waals surface area contributed by atoms with Gasteiger partial charge in [-0.1, -0.05) is 11.6 Å². The number of aromatic nitrogens is 2. The second-order valence-corrected chi connectivity index (χ2v) is 7.90. The number of benzene rings is 1. The van der Waals surface area contributed by atoms with E-state index >= 15 is 0 Å². The summed E-state index contributed by atoms with van der Waals surface area (Å²) in [5.74, 6) is 0. The predicted octanol–water partition coefficient (Wildman–Crippen LogP) is 5.91. The molecule has 1 amide bonds. The quantitative estimate of drug-likeness (QED) is 0.597. The molecule has 0 aliphatic rings. The number of nitrogens with one attached hydrogen (secondary N) is 1. The zero-order valence-corrected chi connectivity index (χ0v) is 16.8. The van der Waals surface area contributed by atoms with Crippen molar-refractivity contribution in [2.45, 2.75) is 40.2 Å². The molecule has 1 N–H and O–H groups in total. The van der Waals surface area contributed by atoms with Gasteiger partial charge in [0.05, 0.1) is 16.9 Å². The molecule has 3 rings (SSSR count). The van der Waals surface area contributed by atoms with E-state index in [1.807, 2.05) is 46.8 Å². The van der Waals surface area contributed by atoms with Gasteiger partial charge in [-0.3, -0.25) is 15.3 Å². The zero-order chi connectivity index (χ0) is 19.8. The molecule has 3 aromatic rings. The lowest BCUT2D eigenvalue weighted by atomic mass is 9.99. The molecule has 6 heteroatoms. The van der Waals surface area contributed by atoms with Crippen LogP contribution in [0.3, 0.4) is 0 Å². The van der Waals surface area contributed by atoms with Gasteiger partial charge in [0.15, 0.2) is 0 Å². The van der Waals surface area contributed by atoms with Crippen LogP contribution in [0.25, 0.3) is 21.9 Å². The van der Waals surface area contributed by atoms with Gasteiger partial charge in [0.2, 0.25) is 0 Å². The Morgan fingerprint density at radius 2 is 1.85 bits per heavy atom. The van der Waals surface area contributed by atoms with Gasteiger partial charge in [-0.2, -0.15) is 0 Å². The van der Waals surface area contributed by atoms with E-state index in [0.29, 0.717) is 10.7 Å². The van der Waals surface area contributed by atoms with E-state index in [1.54, 1.807) is 18.6 Å². The van der Waals surface area contributed by atoms with E-state index in [0.717, 1.165) is 33.2 Å². The lowest BCUT2D eigenvalue weighted by molar-refractivity contribution is 0.0635. The number of anilines is 1. The minimum Gasteiger partial charge on any atom is -0.444 e. The number of halogens is 1. The van der Waals surface area contributed by atoms with Gasteiger partial charge in [-0.15, -0.1) is 0 Å². The molecule has 0 fully saturated rings. The number of aryl methyl sites for hydroxylation is 1. The highest BCUT2D eigenvalue weighted by Gasteiger charge is 2.18. The summed E-state index contributed by atoms with van der Waals surface area (Å²) in [4.78, 5) is 20.7. The molecule has 0 aliphatic heterocycles. The number of carbonyl (C=O) groups is 1. The normalized spacial score (nSPS) is 11.5. The van der Waals surface area contributed by atoms with E-state index in [-0.39, 0.29) is 0 Å². The standard InChI is InChI=1S/C21H22ClN3O2/c1-12-6-14-7-15(8-18(22)17(14)10-24-12)16-9-23-11-19(13(16)2)25-20(26)27-21(3,4)5/h6-11H,1-5H3,(H,25,26). The third-order valence-electron chi connectivity index (χ3n) is 4.09. The molecule has 5 nitrogen and oxygen atoms in total. The number of rotatable bonds is 2. The third-order valence-corrected chi connectivity index (χ3v) is 4.40. The number of ether oxygens (including phenoxy) is 1. The van der Waals surface area contributed by atoms with E-state index < -0.39 is 11.7 Å². The van der Waals surface area contributed by atoms with Crippen LogP contribution in [0, 0.1) is 13.8 Å². The number of fused-ring (bicyclic) bond motifs is 1. The fourth-order valence-electron chi connectivity index (χ4n) is 2.83. The Balaban J connectivity index is 2.01. The highest BCUT2D eigenvalue weighted by Crippen LogP contribution is 2.34. The number of hydrogen-bond acceptors (Lipinski definition) is 4. The maximum Gasteiger partial charge on any atom is 0.412 e. The average molecular weight is 384 g/mol. The molecule has 0 radical (unpaired) electrons. The van der Waals surface area contributed by atoms with E-state index in [9.17, 15) is 4.79 Å². The third kappa shape index (κ3) is 4.37. The molecule has 0 aliphatic carbocycles. The summed E-state index contributed by atoms with van der Waals surface area (Å²) in [7, 11) is 0. The molecule has 27 heavy (non-hydrogen) atoms. The molecule has 0 atom stereocenters. The molecular formula is C21H22ClN3O2. The van der Waals surface area contributed by atoms with Crippen molar-refractivity contribution in [2.75, 3.05) is 5.32 Å². The second kappa shape index (κ2) is 7.16. The lowest BCUT2D eigenvalue weighted by Crippen LogP contribution is -2.27. The van der Waals surface area contributed by atoms with Crippen molar-refractivity contribution in [1.29, 1.82) is 0 Å². The lowest BCUT2D eigenvalue weighted by Gasteiger charge is -2.20. The average Bonchev–Trinajstić information content (AvgIpc) is 2.54. The number of pyridine rings is 2. The number of nitrogens with zero attached hydrogens (tertiary/aromatic N) is 2. The van der Waals surface area contributed by atoms with Gasteiger partial charge in [0.1, 0.15) is 5.60 Å². The molecule has 0 bridgehead atoms. The monoisotopic (exact) mass is 383 g/mol. The topological polar surface area (TPSA) is 64.1 Å². The van der Waals surface area contributed by atoms with Gasteiger partial charge in [0.25, 0.3) is 0 Å². The Kier molecular flexibility index (Phi) is 5.07. The Morgan fingerprint density at radius 1 is 1.11 bits per heavy atom. The molecule has 140 valence electrons. The first-order valence-corrected chi connectivity index (χ1v) is 9.03. The van der Waals surface area contributed by atoms with Gasteiger partial charge >= 0.3 is 6.09 Å². The zero-order valence-electron chi connectivity index (χ0n) is 16.1. The first-order valence-electron chi connectivity index (χ1n) is 8.65. The van der Waals surface area contributed by atoms with Crippen LogP contribution < -0.4 is 5.32 Å². The van der Waals surface area contributed by atoms with Crippen molar-refractivity contribution in [3.05, 3.63) is 53.1 Å². The molecule has 2 aromatic heterocycles. The Hall–Kier alpha value is -2.66. The fourth-order valence-corrected chi connectivity index (χ4v) is 3.11. The summed E-state index contributed by atoms with van der Waals surface area (Å²) < 4.78 is 5.33. The Morgan fingerprint density at radius 3 is 2.56 bits per heavy atom. The maximum atomic E-state index is 12.1. The van der Waals surface area contributed by atoms with Gasteiger partial charge in [-0.05, 0) is 69.3 Å².